The molecule has 5 aromatic carbocycles. The van der Waals surface area contributed by atoms with Gasteiger partial charge in [0.2, 0.25) is 17.0 Å². The summed E-state index contributed by atoms with van der Waals surface area (Å²) in [6.45, 7) is 0.421. The Morgan fingerprint density at radius 3 is 2.25 bits per heavy atom. The van der Waals surface area contributed by atoms with Crippen molar-refractivity contribution in [2.45, 2.75) is 81.8 Å². The quantitative estimate of drug-likeness (QED) is 0.0377. The molecular weight excluding hydrogens is 763 g/mol. The molecule has 1 saturated heterocycles. The molecule has 6 aromatic rings. The van der Waals surface area contributed by atoms with E-state index in [0.717, 1.165) is 64.8 Å². The van der Waals surface area contributed by atoms with Crippen LogP contribution in [0.25, 0.3) is 16.8 Å². The lowest BCUT2D eigenvalue weighted by Crippen LogP contribution is -2.31. The second kappa shape index (κ2) is 20.7. The summed E-state index contributed by atoms with van der Waals surface area (Å²) < 4.78 is 14.9. The van der Waals surface area contributed by atoms with Crippen LogP contribution in [0.5, 0.6) is 0 Å². The van der Waals surface area contributed by atoms with Crippen molar-refractivity contribution in [2.24, 2.45) is 0 Å². The number of ether oxygens (including phenoxy) is 2. The van der Waals surface area contributed by atoms with Gasteiger partial charge >= 0.3 is 0 Å². The number of thioether (sulfide) groups is 1. The number of aromatic nitrogens is 4. The number of unbranched alkanes of at least 4 members (excludes halogenated alkanes) is 3. The third kappa shape index (κ3) is 11.6. The molecular formula is C46H49N7O5S. The number of hydrogen-bond acceptors (Lipinski definition) is 10. The number of benzene rings is 5. The minimum absolute atomic E-state index is 0.0126. The van der Waals surface area contributed by atoms with Gasteiger partial charge < -0.3 is 30.9 Å². The molecule has 3 atom stereocenters. The van der Waals surface area contributed by atoms with Gasteiger partial charge in [0.05, 0.1) is 35.9 Å². The van der Waals surface area contributed by atoms with Gasteiger partial charge in [-0.25, -0.2) is 0 Å². The average Bonchev–Trinajstić information content (AvgIpc) is 3.76. The second-order valence-corrected chi connectivity index (χ2v) is 15.5. The highest BCUT2D eigenvalue weighted by atomic mass is 32.2. The van der Waals surface area contributed by atoms with Crippen molar-refractivity contribution < 1.29 is 24.2 Å². The maximum Gasteiger partial charge on any atom is 0.224 e. The van der Waals surface area contributed by atoms with Gasteiger partial charge in [-0.15, -0.1) is 5.10 Å². The van der Waals surface area contributed by atoms with E-state index in [1.165, 1.54) is 0 Å². The van der Waals surface area contributed by atoms with E-state index in [4.69, 9.17) is 15.2 Å². The van der Waals surface area contributed by atoms with Gasteiger partial charge in [-0.2, -0.15) is 4.68 Å². The standard InChI is InChI=1S/C46H49N7O5S/c47-40-15-8-9-16-41(40)49-44(56)18-7-2-1-6-17-43(55)48-29-33-11-10-12-37(27-33)34-23-25-36(26-24-34)45-57-39(28-42(58-45)35-21-19-32(30-54)20-22-35)31-59-46-50-51-52-53(46)38-13-4-3-5-14-38/h3-5,8-16,19-27,39,42,45,54H,1-2,6-7,17-18,28-31,47H2,(H,48,55)(H,49,56)/t39-,42+,45+/m0/s1. The summed E-state index contributed by atoms with van der Waals surface area (Å²) in [5.74, 6) is 0.576. The topological polar surface area (TPSA) is 167 Å². The van der Waals surface area contributed by atoms with Crippen molar-refractivity contribution in [1.82, 2.24) is 25.5 Å². The van der Waals surface area contributed by atoms with Gasteiger partial charge in [-0.1, -0.05) is 122 Å². The Morgan fingerprint density at radius 1 is 0.763 bits per heavy atom. The highest BCUT2D eigenvalue weighted by Crippen LogP contribution is 2.40. The van der Waals surface area contributed by atoms with Crippen molar-refractivity contribution in [3.05, 3.63) is 150 Å². The SMILES string of the molecule is Nc1ccccc1NC(=O)CCCCCCC(=O)NCc1cccc(-c2ccc([C@@H]3O[C@H](CSc4nnnn4-c4ccccc4)C[C@H](c4ccc(CO)cc4)O3)cc2)c1. The lowest BCUT2D eigenvalue weighted by Gasteiger charge is -2.36. The maximum absolute atomic E-state index is 12.6. The first-order valence-electron chi connectivity index (χ1n) is 20.0. The highest BCUT2D eigenvalue weighted by molar-refractivity contribution is 7.99. The number of nitrogens with two attached hydrogens (primary N) is 1. The number of aliphatic hydroxyl groups is 1. The van der Waals surface area contributed by atoms with E-state index in [0.29, 0.717) is 48.1 Å². The normalized spacial score (nSPS) is 16.4. The molecule has 0 spiro atoms. The number of hydrogen-bond donors (Lipinski definition) is 4. The van der Waals surface area contributed by atoms with Crippen LogP contribution in [0.3, 0.4) is 0 Å². The first-order chi connectivity index (χ1) is 28.9. The van der Waals surface area contributed by atoms with Crippen molar-refractivity contribution in [3.8, 4) is 16.8 Å². The zero-order valence-corrected chi connectivity index (χ0v) is 33.6. The smallest absolute Gasteiger partial charge is 0.224 e. The molecule has 7 rings (SSSR count). The first kappa shape index (κ1) is 41.3. The molecule has 0 aliphatic carbocycles. The summed E-state index contributed by atoms with van der Waals surface area (Å²) >= 11 is 1.54. The monoisotopic (exact) mass is 811 g/mol. The molecule has 1 aliphatic rings. The molecule has 13 heteroatoms. The van der Waals surface area contributed by atoms with Gasteiger partial charge in [0.25, 0.3) is 0 Å². The molecule has 2 amide bonds. The van der Waals surface area contributed by atoms with Gasteiger partial charge in [-0.3, -0.25) is 9.59 Å². The Morgan fingerprint density at radius 2 is 1.49 bits per heavy atom. The molecule has 2 heterocycles. The van der Waals surface area contributed by atoms with E-state index in [1.807, 2.05) is 91.0 Å². The van der Waals surface area contributed by atoms with Gasteiger partial charge in [-0.05, 0) is 81.4 Å². The minimum atomic E-state index is -0.600. The number of para-hydroxylation sites is 3. The van der Waals surface area contributed by atoms with Gasteiger partial charge in [0, 0.05) is 37.1 Å². The molecule has 1 aromatic heterocycles. The summed E-state index contributed by atoms with van der Waals surface area (Å²) in [5, 5.41) is 28.6. The van der Waals surface area contributed by atoms with Crippen molar-refractivity contribution in [2.75, 3.05) is 16.8 Å². The fraction of sp³-hybridized carbons (Fsp3) is 0.283. The van der Waals surface area contributed by atoms with E-state index < -0.39 is 6.29 Å². The third-order valence-electron chi connectivity index (χ3n) is 10.2. The number of carbonyl (C=O) groups excluding carboxylic acids is 2. The highest BCUT2D eigenvalue weighted by Gasteiger charge is 2.33. The van der Waals surface area contributed by atoms with Crippen LogP contribution in [-0.2, 0) is 32.2 Å². The van der Waals surface area contributed by atoms with Crippen LogP contribution in [0, 0.1) is 0 Å². The third-order valence-corrected chi connectivity index (χ3v) is 11.2. The summed E-state index contributed by atoms with van der Waals surface area (Å²) in [6, 6.07) is 41.3. The number of nitrogen functional groups attached to an aromatic ring is 1. The average molecular weight is 812 g/mol. The Hall–Kier alpha value is -5.86. The van der Waals surface area contributed by atoms with Gasteiger partial charge in [0.15, 0.2) is 6.29 Å². The predicted octanol–water partition coefficient (Wildman–Crippen LogP) is 8.34. The number of nitrogens with zero attached hydrogens (tertiary/aromatic N) is 4. The van der Waals surface area contributed by atoms with Crippen LogP contribution >= 0.6 is 11.8 Å². The maximum atomic E-state index is 12.6. The molecule has 0 radical (unpaired) electrons. The number of anilines is 2. The Kier molecular flexibility index (Phi) is 14.5. The van der Waals surface area contributed by atoms with Crippen molar-refractivity contribution >= 4 is 35.0 Å². The molecule has 304 valence electrons. The van der Waals surface area contributed by atoms with Crippen LogP contribution in [0.4, 0.5) is 11.4 Å². The zero-order valence-electron chi connectivity index (χ0n) is 32.8. The Bertz CT molecular complexity index is 2270. The number of tetrazole rings is 1. The Labute approximate surface area is 348 Å². The molecule has 1 fully saturated rings. The molecule has 12 nitrogen and oxygen atoms in total. The van der Waals surface area contributed by atoms with E-state index in [-0.39, 0.29) is 30.6 Å². The van der Waals surface area contributed by atoms with Crippen LogP contribution in [0.15, 0.2) is 133 Å². The number of aliphatic hydroxyl groups excluding tert-OH is 1. The lowest BCUT2D eigenvalue weighted by atomic mass is 9.99. The molecule has 0 saturated carbocycles. The number of nitrogens with one attached hydrogen (secondary N) is 2. The largest absolute Gasteiger partial charge is 0.397 e. The summed E-state index contributed by atoms with van der Waals surface area (Å²) in [5.41, 5.74) is 13.8. The summed E-state index contributed by atoms with van der Waals surface area (Å²) in [6.07, 6.45) is 3.81. The van der Waals surface area contributed by atoms with E-state index in [9.17, 15) is 14.7 Å². The lowest BCUT2D eigenvalue weighted by molar-refractivity contribution is -0.245. The second-order valence-electron chi connectivity index (χ2n) is 14.5. The van der Waals surface area contributed by atoms with E-state index in [1.54, 1.807) is 28.6 Å². The van der Waals surface area contributed by atoms with Crippen molar-refractivity contribution in [3.63, 3.8) is 0 Å². The molecule has 0 bridgehead atoms. The van der Waals surface area contributed by atoms with E-state index in [2.05, 4.69) is 50.4 Å². The zero-order chi connectivity index (χ0) is 40.8. The number of carbonyl (C=O) groups is 2. The number of amides is 2. The first-order valence-corrected chi connectivity index (χ1v) is 21.0. The number of rotatable bonds is 18. The van der Waals surface area contributed by atoms with E-state index >= 15 is 0 Å². The van der Waals surface area contributed by atoms with Crippen LogP contribution in [-0.4, -0.2) is 49.0 Å². The molecule has 59 heavy (non-hydrogen) atoms. The van der Waals surface area contributed by atoms with Crippen LogP contribution in [0.1, 0.15) is 79.6 Å². The molecule has 0 unspecified atom stereocenters. The fourth-order valence-electron chi connectivity index (χ4n) is 6.92. The summed E-state index contributed by atoms with van der Waals surface area (Å²) in [4.78, 5) is 24.9. The Balaban J connectivity index is 0.908. The predicted molar refractivity (Wildman–Crippen MR) is 229 cm³/mol. The van der Waals surface area contributed by atoms with Crippen LogP contribution in [0.2, 0.25) is 0 Å². The van der Waals surface area contributed by atoms with Crippen LogP contribution < -0.4 is 16.4 Å². The minimum Gasteiger partial charge on any atom is -0.397 e. The van der Waals surface area contributed by atoms with Gasteiger partial charge in [0.1, 0.15) is 0 Å². The molecule has 5 N–H and O–H groups in total. The summed E-state index contributed by atoms with van der Waals surface area (Å²) in [7, 11) is 0. The van der Waals surface area contributed by atoms with Crippen molar-refractivity contribution in [1.29, 1.82) is 0 Å². The molecule has 1 aliphatic heterocycles. The fourth-order valence-corrected chi connectivity index (χ4v) is 7.83.